The number of hydrogen-bond donors (Lipinski definition) is 1. The molecule has 3 heterocycles. The van der Waals surface area contributed by atoms with Gasteiger partial charge in [-0.05, 0) is 56.6 Å². The van der Waals surface area contributed by atoms with Gasteiger partial charge in [0.1, 0.15) is 6.07 Å². The van der Waals surface area contributed by atoms with Gasteiger partial charge in [-0.15, -0.1) is 0 Å². The van der Waals surface area contributed by atoms with Gasteiger partial charge in [-0.3, -0.25) is 9.88 Å². The second kappa shape index (κ2) is 8.30. The van der Waals surface area contributed by atoms with Crippen molar-refractivity contribution in [3.8, 4) is 6.07 Å². The lowest BCUT2D eigenvalue weighted by molar-refractivity contribution is 0.164. The first-order chi connectivity index (χ1) is 13.7. The molecule has 2 aliphatic rings. The number of benzene rings is 1. The Morgan fingerprint density at radius 3 is 2.50 bits per heavy atom. The van der Waals surface area contributed by atoms with Crippen LogP contribution in [-0.4, -0.2) is 55.7 Å². The molecule has 1 N–H and O–H groups in total. The molecule has 0 aliphatic carbocycles. The molecule has 0 spiro atoms. The molecule has 146 valence electrons. The first-order valence-electron chi connectivity index (χ1n) is 10.3. The van der Waals surface area contributed by atoms with E-state index in [1.165, 1.54) is 11.3 Å². The van der Waals surface area contributed by atoms with E-state index in [1.807, 2.05) is 24.4 Å². The smallest absolute Gasteiger partial charge is 0.101 e. The number of pyridine rings is 1. The molecule has 2 aromatic rings. The molecule has 0 radical (unpaired) electrons. The minimum atomic E-state index is 0.145. The minimum Gasteiger partial charge on any atom is -0.368 e. The van der Waals surface area contributed by atoms with Gasteiger partial charge < -0.3 is 10.2 Å². The number of anilines is 1. The van der Waals surface area contributed by atoms with Crippen molar-refractivity contribution < 1.29 is 0 Å². The first-order valence-corrected chi connectivity index (χ1v) is 10.3. The van der Waals surface area contributed by atoms with Crippen molar-refractivity contribution in [1.82, 2.24) is 15.2 Å². The van der Waals surface area contributed by atoms with Crippen molar-refractivity contribution in [2.75, 3.05) is 50.7 Å². The number of para-hydroxylation sites is 1. The first kappa shape index (κ1) is 18.9. The summed E-state index contributed by atoms with van der Waals surface area (Å²) in [5.74, 6) is 0. The van der Waals surface area contributed by atoms with Gasteiger partial charge in [-0.25, -0.2) is 0 Å². The van der Waals surface area contributed by atoms with Crippen LogP contribution in [0.5, 0.6) is 0 Å². The van der Waals surface area contributed by atoms with Crippen LogP contribution >= 0.6 is 0 Å². The van der Waals surface area contributed by atoms with Crippen LogP contribution in [-0.2, 0) is 5.41 Å². The fourth-order valence-corrected chi connectivity index (χ4v) is 4.60. The van der Waals surface area contributed by atoms with Crippen LogP contribution in [0.4, 0.5) is 5.69 Å². The fourth-order valence-electron chi connectivity index (χ4n) is 4.60. The second-order valence-electron chi connectivity index (χ2n) is 8.14. The number of piperazine rings is 1. The van der Waals surface area contributed by atoms with E-state index in [1.54, 1.807) is 0 Å². The molecule has 0 saturated carbocycles. The van der Waals surface area contributed by atoms with Gasteiger partial charge in [-0.2, -0.15) is 5.26 Å². The van der Waals surface area contributed by atoms with E-state index in [9.17, 15) is 5.26 Å². The summed E-state index contributed by atoms with van der Waals surface area (Å²) in [6.07, 6.45) is 4.29. The van der Waals surface area contributed by atoms with Gasteiger partial charge in [0.05, 0.1) is 11.3 Å². The van der Waals surface area contributed by atoms with E-state index in [-0.39, 0.29) is 5.41 Å². The standard InChI is InChI=1S/C23H29N5/c1-19-6-7-22(26-17-19)23(8-10-25-11-9-23)18-27-12-14-28(15-13-27)21-5-3-2-4-20(21)16-24/h2-7,17,25H,8-15,18H2,1H3. The number of piperidine rings is 1. The van der Waals surface area contributed by atoms with E-state index in [0.717, 1.165) is 69.9 Å². The lowest BCUT2D eigenvalue weighted by Gasteiger charge is -2.44. The van der Waals surface area contributed by atoms with Crippen molar-refractivity contribution in [3.05, 3.63) is 59.4 Å². The zero-order valence-electron chi connectivity index (χ0n) is 16.7. The van der Waals surface area contributed by atoms with Crippen molar-refractivity contribution in [2.24, 2.45) is 0 Å². The summed E-state index contributed by atoms with van der Waals surface area (Å²) in [5, 5.41) is 12.9. The summed E-state index contributed by atoms with van der Waals surface area (Å²) in [5.41, 5.74) is 4.46. The van der Waals surface area contributed by atoms with Crippen molar-refractivity contribution >= 4 is 5.69 Å². The normalized spacial score (nSPS) is 19.9. The van der Waals surface area contributed by atoms with E-state index in [4.69, 9.17) is 4.98 Å². The summed E-state index contributed by atoms with van der Waals surface area (Å²) < 4.78 is 0. The maximum atomic E-state index is 9.40. The van der Waals surface area contributed by atoms with E-state index in [0.29, 0.717) is 0 Å². The van der Waals surface area contributed by atoms with Gasteiger partial charge in [0.25, 0.3) is 0 Å². The molecule has 0 atom stereocenters. The molecular formula is C23H29N5. The molecule has 2 fully saturated rings. The molecule has 1 aromatic heterocycles. The Morgan fingerprint density at radius 2 is 1.82 bits per heavy atom. The van der Waals surface area contributed by atoms with Gasteiger partial charge in [0, 0.05) is 50.0 Å². The van der Waals surface area contributed by atoms with E-state index >= 15 is 0 Å². The van der Waals surface area contributed by atoms with E-state index < -0.39 is 0 Å². The quantitative estimate of drug-likeness (QED) is 0.890. The average molecular weight is 376 g/mol. The summed E-state index contributed by atoms with van der Waals surface area (Å²) in [6.45, 7) is 9.28. The average Bonchev–Trinajstić information content (AvgIpc) is 2.75. The van der Waals surface area contributed by atoms with Crippen molar-refractivity contribution in [1.29, 1.82) is 5.26 Å². The Balaban J connectivity index is 1.46. The number of nitrogens with zero attached hydrogens (tertiary/aromatic N) is 4. The molecule has 2 aliphatic heterocycles. The largest absolute Gasteiger partial charge is 0.368 e. The maximum absolute atomic E-state index is 9.40. The third-order valence-corrected chi connectivity index (χ3v) is 6.28. The Labute approximate surface area is 168 Å². The summed E-state index contributed by atoms with van der Waals surface area (Å²) >= 11 is 0. The number of nitrogens with one attached hydrogen (secondary N) is 1. The highest BCUT2D eigenvalue weighted by Crippen LogP contribution is 2.34. The van der Waals surface area contributed by atoms with Crippen LogP contribution in [0.25, 0.3) is 0 Å². The summed E-state index contributed by atoms with van der Waals surface area (Å²) in [4.78, 5) is 9.77. The highest BCUT2D eigenvalue weighted by Gasteiger charge is 2.37. The molecular weight excluding hydrogens is 346 g/mol. The molecule has 0 bridgehead atoms. The molecule has 2 saturated heterocycles. The van der Waals surface area contributed by atoms with Crippen LogP contribution in [0.2, 0.25) is 0 Å². The minimum absolute atomic E-state index is 0.145. The summed E-state index contributed by atoms with van der Waals surface area (Å²) in [7, 11) is 0. The topological polar surface area (TPSA) is 55.2 Å². The lowest BCUT2D eigenvalue weighted by Crippen LogP contribution is -2.53. The molecule has 0 amide bonds. The van der Waals surface area contributed by atoms with Crippen LogP contribution in [0.3, 0.4) is 0 Å². The van der Waals surface area contributed by atoms with Gasteiger partial charge in [-0.1, -0.05) is 18.2 Å². The Kier molecular flexibility index (Phi) is 5.61. The molecule has 0 unspecified atom stereocenters. The molecule has 1 aromatic carbocycles. The molecule has 5 heteroatoms. The second-order valence-corrected chi connectivity index (χ2v) is 8.14. The lowest BCUT2D eigenvalue weighted by atomic mass is 9.75. The predicted molar refractivity (Wildman–Crippen MR) is 113 cm³/mol. The van der Waals surface area contributed by atoms with E-state index in [2.05, 4.69) is 46.3 Å². The number of hydrogen-bond acceptors (Lipinski definition) is 5. The Bertz CT molecular complexity index is 825. The number of nitriles is 1. The zero-order valence-corrected chi connectivity index (χ0v) is 16.7. The van der Waals surface area contributed by atoms with Crippen LogP contribution < -0.4 is 10.2 Å². The Morgan fingerprint density at radius 1 is 1.07 bits per heavy atom. The monoisotopic (exact) mass is 375 g/mol. The predicted octanol–water partition coefficient (Wildman–Crippen LogP) is 2.71. The number of aryl methyl sites for hydroxylation is 1. The number of rotatable bonds is 4. The molecule has 5 nitrogen and oxygen atoms in total. The van der Waals surface area contributed by atoms with Crippen molar-refractivity contribution in [2.45, 2.75) is 25.2 Å². The fraction of sp³-hybridized carbons (Fsp3) is 0.478. The molecule has 28 heavy (non-hydrogen) atoms. The van der Waals surface area contributed by atoms with Gasteiger partial charge in [0.15, 0.2) is 0 Å². The molecule has 4 rings (SSSR count). The Hall–Kier alpha value is -2.42. The van der Waals surface area contributed by atoms with Gasteiger partial charge in [0.2, 0.25) is 0 Å². The number of aromatic nitrogens is 1. The third-order valence-electron chi connectivity index (χ3n) is 6.28. The maximum Gasteiger partial charge on any atom is 0.101 e. The third kappa shape index (κ3) is 3.89. The summed E-state index contributed by atoms with van der Waals surface area (Å²) in [6, 6.07) is 14.7. The highest BCUT2D eigenvalue weighted by atomic mass is 15.3. The van der Waals surface area contributed by atoms with Gasteiger partial charge >= 0.3 is 0 Å². The highest BCUT2D eigenvalue weighted by molar-refractivity contribution is 5.59. The zero-order chi connectivity index (χ0) is 19.4. The van der Waals surface area contributed by atoms with Crippen LogP contribution in [0.1, 0.15) is 29.7 Å². The van der Waals surface area contributed by atoms with Crippen molar-refractivity contribution in [3.63, 3.8) is 0 Å². The van der Waals surface area contributed by atoms with Crippen LogP contribution in [0.15, 0.2) is 42.6 Å². The SMILES string of the molecule is Cc1ccc(C2(CN3CCN(c4ccccc4C#N)CC3)CCNCC2)nc1. The van der Waals surface area contributed by atoms with Crippen LogP contribution in [0, 0.1) is 18.3 Å².